The summed E-state index contributed by atoms with van der Waals surface area (Å²) in [7, 11) is 0. The molecule has 0 aliphatic rings. The van der Waals surface area contributed by atoms with Crippen LogP contribution >= 0.6 is 27.7 Å². The Morgan fingerprint density at radius 3 is 2.23 bits per heavy atom. The highest BCUT2D eigenvalue weighted by molar-refractivity contribution is 9.10. The SMILES string of the molecule is Cc1nnc(CSc2nnc(-c3ccc(C(C)(C)C)cc3)n2-c2ccc(Br)cc2)o1. The Balaban J connectivity index is 1.72. The highest BCUT2D eigenvalue weighted by Gasteiger charge is 2.19. The maximum absolute atomic E-state index is 5.50. The van der Waals surface area contributed by atoms with Gasteiger partial charge < -0.3 is 4.42 Å². The molecule has 8 heteroatoms. The molecular formula is C22H22BrN5OS. The number of hydrogen-bond acceptors (Lipinski definition) is 6. The highest BCUT2D eigenvalue weighted by Crippen LogP contribution is 2.31. The quantitative estimate of drug-likeness (QED) is 0.325. The molecule has 2 aromatic carbocycles. The van der Waals surface area contributed by atoms with E-state index < -0.39 is 0 Å². The van der Waals surface area contributed by atoms with Crippen LogP contribution in [-0.4, -0.2) is 25.0 Å². The normalized spacial score (nSPS) is 11.8. The summed E-state index contributed by atoms with van der Waals surface area (Å²) >= 11 is 5.02. The molecule has 2 aromatic heterocycles. The van der Waals surface area contributed by atoms with Crippen LogP contribution in [0.2, 0.25) is 0 Å². The van der Waals surface area contributed by atoms with E-state index in [2.05, 4.69) is 85.9 Å². The lowest BCUT2D eigenvalue weighted by molar-refractivity contribution is 0.485. The van der Waals surface area contributed by atoms with Crippen molar-refractivity contribution in [1.29, 1.82) is 0 Å². The molecule has 0 unspecified atom stereocenters. The highest BCUT2D eigenvalue weighted by atomic mass is 79.9. The maximum atomic E-state index is 5.50. The molecule has 6 nitrogen and oxygen atoms in total. The molecule has 0 aliphatic heterocycles. The van der Waals surface area contributed by atoms with Gasteiger partial charge >= 0.3 is 0 Å². The summed E-state index contributed by atoms with van der Waals surface area (Å²) in [5, 5.41) is 17.7. The number of aromatic nitrogens is 5. The second kappa shape index (κ2) is 8.35. The van der Waals surface area contributed by atoms with Crippen LogP contribution in [0.5, 0.6) is 0 Å². The van der Waals surface area contributed by atoms with Gasteiger partial charge in [-0.1, -0.05) is 72.7 Å². The van der Waals surface area contributed by atoms with E-state index in [1.54, 1.807) is 6.92 Å². The first kappa shape index (κ1) is 20.8. The fraction of sp³-hybridized carbons (Fsp3) is 0.273. The van der Waals surface area contributed by atoms with Gasteiger partial charge in [0.05, 0.1) is 5.75 Å². The van der Waals surface area contributed by atoms with Crippen molar-refractivity contribution in [3.63, 3.8) is 0 Å². The molecule has 0 amide bonds. The van der Waals surface area contributed by atoms with Crippen LogP contribution in [0.3, 0.4) is 0 Å². The molecule has 4 rings (SSSR count). The first-order chi connectivity index (χ1) is 14.3. The van der Waals surface area contributed by atoms with Crippen LogP contribution in [0.25, 0.3) is 17.1 Å². The summed E-state index contributed by atoms with van der Waals surface area (Å²) < 4.78 is 8.58. The van der Waals surface area contributed by atoms with E-state index in [1.807, 2.05) is 24.3 Å². The van der Waals surface area contributed by atoms with Crippen LogP contribution in [0, 0.1) is 6.92 Å². The lowest BCUT2D eigenvalue weighted by atomic mass is 9.87. The van der Waals surface area contributed by atoms with E-state index in [9.17, 15) is 0 Å². The Morgan fingerprint density at radius 2 is 1.63 bits per heavy atom. The predicted molar refractivity (Wildman–Crippen MR) is 122 cm³/mol. The van der Waals surface area contributed by atoms with Crippen molar-refractivity contribution in [1.82, 2.24) is 25.0 Å². The first-order valence-electron chi connectivity index (χ1n) is 9.55. The monoisotopic (exact) mass is 483 g/mol. The molecule has 0 bridgehead atoms. The van der Waals surface area contributed by atoms with E-state index in [0.29, 0.717) is 17.5 Å². The second-order valence-electron chi connectivity index (χ2n) is 7.95. The summed E-state index contributed by atoms with van der Waals surface area (Å²) in [5.41, 5.74) is 3.38. The van der Waals surface area contributed by atoms with Gasteiger partial charge in [0.1, 0.15) is 0 Å². The van der Waals surface area contributed by atoms with Gasteiger partial charge in [-0.05, 0) is 35.2 Å². The lowest BCUT2D eigenvalue weighted by Crippen LogP contribution is -2.10. The molecule has 0 atom stereocenters. The van der Waals surface area contributed by atoms with Crippen molar-refractivity contribution in [2.75, 3.05) is 0 Å². The standard InChI is InChI=1S/C22H22BrN5OS/c1-14-24-25-19(29-14)13-30-21-27-26-20(28(21)18-11-9-17(23)10-12-18)15-5-7-16(8-6-15)22(2,3)4/h5-12H,13H2,1-4H3. The molecule has 0 radical (unpaired) electrons. The summed E-state index contributed by atoms with van der Waals surface area (Å²) in [6.07, 6.45) is 0. The van der Waals surface area contributed by atoms with Gasteiger partial charge in [-0.2, -0.15) is 0 Å². The molecule has 0 saturated carbocycles. The van der Waals surface area contributed by atoms with Crippen LogP contribution in [0.4, 0.5) is 0 Å². The molecule has 4 aromatic rings. The van der Waals surface area contributed by atoms with E-state index in [0.717, 1.165) is 26.7 Å². The van der Waals surface area contributed by atoms with Gasteiger partial charge in [0, 0.05) is 22.6 Å². The minimum atomic E-state index is 0.0983. The molecular weight excluding hydrogens is 462 g/mol. The van der Waals surface area contributed by atoms with Crippen molar-refractivity contribution in [3.05, 3.63) is 70.3 Å². The van der Waals surface area contributed by atoms with Crippen molar-refractivity contribution in [2.24, 2.45) is 0 Å². The Kier molecular flexibility index (Phi) is 5.79. The average molecular weight is 484 g/mol. The lowest BCUT2D eigenvalue weighted by Gasteiger charge is -2.19. The van der Waals surface area contributed by atoms with Gasteiger partial charge in [-0.15, -0.1) is 20.4 Å². The van der Waals surface area contributed by atoms with Crippen LogP contribution < -0.4 is 0 Å². The number of aryl methyl sites for hydroxylation is 1. The third-order valence-electron chi connectivity index (χ3n) is 4.62. The summed E-state index contributed by atoms with van der Waals surface area (Å²) in [4.78, 5) is 0. The number of thioether (sulfide) groups is 1. The van der Waals surface area contributed by atoms with Crippen molar-refractivity contribution >= 4 is 27.7 Å². The Hall–Kier alpha value is -2.45. The summed E-state index contributed by atoms with van der Waals surface area (Å²) in [6, 6.07) is 16.6. The smallest absolute Gasteiger partial charge is 0.226 e. The third kappa shape index (κ3) is 4.49. The fourth-order valence-corrected chi connectivity index (χ4v) is 4.07. The van der Waals surface area contributed by atoms with E-state index >= 15 is 0 Å². The molecule has 154 valence electrons. The fourth-order valence-electron chi connectivity index (χ4n) is 3.01. The number of benzene rings is 2. The van der Waals surface area contributed by atoms with Gasteiger partial charge in [-0.3, -0.25) is 4.57 Å². The van der Waals surface area contributed by atoms with Crippen molar-refractivity contribution in [3.8, 4) is 17.1 Å². The Morgan fingerprint density at radius 1 is 0.933 bits per heavy atom. The molecule has 0 saturated heterocycles. The van der Waals surface area contributed by atoms with Gasteiger partial charge in [0.25, 0.3) is 0 Å². The molecule has 0 aliphatic carbocycles. The van der Waals surface area contributed by atoms with Gasteiger partial charge in [0.2, 0.25) is 11.8 Å². The average Bonchev–Trinajstić information content (AvgIpc) is 3.32. The zero-order valence-corrected chi connectivity index (χ0v) is 19.7. The minimum Gasteiger partial charge on any atom is -0.425 e. The third-order valence-corrected chi connectivity index (χ3v) is 6.06. The predicted octanol–water partition coefficient (Wildman–Crippen LogP) is 5.98. The van der Waals surface area contributed by atoms with E-state index in [1.165, 1.54) is 17.3 Å². The summed E-state index contributed by atoms with van der Waals surface area (Å²) in [6.45, 7) is 8.41. The zero-order valence-electron chi connectivity index (χ0n) is 17.3. The van der Waals surface area contributed by atoms with Crippen LogP contribution in [0.15, 0.2) is 62.6 Å². The molecule has 0 N–H and O–H groups in total. The number of hydrogen-bond donors (Lipinski definition) is 0. The van der Waals surface area contributed by atoms with Crippen LogP contribution in [-0.2, 0) is 11.2 Å². The number of rotatable bonds is 5. The van der Waals surface area contributed by atoms with Gasteiger partial charge in [0.15, 0.2) is 11.0 Å². The van der Waals surface area contributed by atoms with Crippen LogP contribution in [0.1, 0.15) is 38.1 Å². The molecule has 0 fully saturated rings. The second-order valence-corrected chi connectivity index (χ2v) is 9.81. The van der Waals surface area contributed by atoms with Crippen molar-refractivity contribution in [2.45, 2.75) is 44.0 Å². The Labute approximate surface area is 188 Å². The van der Waals surface area contributed by atoms with E-state index in [-0.39, 0.29) is 5.41 Å². The maximum Gasteiger partial charge on any atom is 0.226 e. The first-order valence-corrected chi connectivity index (χ1v) is 11.3. The topological polar surface area (TPSA) is 69.6 Å². The number of nitrogens with zero attached hydrogens (tertiary/aromatic N) is 5. The molecule has 30 heavy (non-hydrogen) atoms. The molecule has 0 spiro atoms. The molecule has 2 heterocycles. The summed E-state index contributed by atoms with van der Waals surface area (Å²) in [5.74, 6) is 2.44. The van der Waals surface area contributed by atoms with Gasteiger partial charge in [-0.25, -0.2) is 0 Å². The van der Waals surface area contributed by atoms with E-state index in [4.69, 9.17) is 4.42 Å². The van der Waals surface area contributed by atoms with Crippen molar-refractivity contribution < 1.29 is 4.42 Å². The zero-order chi connectivity index (χ0) is 21.3. The Bertz CT molecular complexity index is 1140. The largest absolute Gasteiger partial charge is 0.425 e. The number of halogens is 1. The minimum absolute atomic E-state index is 0.0983.